The average molecular weight is 575 g/mol. The van der Waals surface area contributed by atoms with Crippen molar-refractivity contribution in [2.75, 3.05) is 26.4 Å². The van der Waals surface area contributed by atoms with Gasteiger partial charge in [-0.05, 0) is 57.9 Å². The first kappa shape index (κ1) is 31.2. The largest absolute Gasteiger partial charge is 0.508 e. The van der Waals surface area contributed by atoms with E-state index in [0.717, 1.165) is 5.56 Å². The monoisotopic (exact) mass is 574 g/mol. The van der Waals surface area contributed by atoms with E-state index in [-0.39, 0.29) is 50.1 Å². The number of carbonyl (C=O) groups is 4. The van der Waals surface area contributed by atoms with Crippen molar-refractivity contribution < 1.29 is 57.8 Å². The lowest BCUT2D eigenvalue weighted by Gasteiger charge is -2.26. The molecule has 2 aliphatic heterocycles. The van der Waals surface area contributed by atoms with Gasteiger partial charge in [-0.1, -0.05) is 18.2 Å². The molecular weight excluding hydrogens is 540 g/mol. The van der Waals surface area contributed by atoms with E-state index in [4.69, 9.17) is 28.4 Å². The standard InChI is InChI=1S/C15H18O6.C14H16O6/c1-4-19-13(17)15(14(18)20-5-2)12(16)10-7-6-9(3)8-11(10)21-15;1-3-18-12(16)14(13(17)19-4-2)8-9-5-6-10(15)7-11(9)20-14/h6-8,12,16H,4-5H2,1-3H3;5-7,15H,3-4,8H2,1-2H3. The maximum absolute atomic E-state index is 12.2. The molecule has 4 rings (SSSR count). The summed E-state index contributed by atoms with van der Waals surface area (Å²) in [7, 11) is 0. The maximum Gasteiger partial charge on any atom is 0.365 e. The highest BCUT2D eigenvalue weighted by Crippen LogP contribution is 2.45. The van der Waals surface area contributed by atoms with Crippen LogP contribution in [0.1, 0.15) is 50.5 Å². The van der Waals surface area contributed by atoms with Crippen molar-refractivity contribution in [3.8, 4) is 17.2 Å². The van der Waals surface area contributed by atoms with Gasteiger partial charge in [0.25, 0.3) is 0 Å². The van der Waals surface area contributed by atoms with Crippen molar-refractivity contribution in [3.63, 3.8) is 0 Å². The number of rotatable bonds is 8. The lowest BCUT2D eigenvalue weighted by molar-refractivity contribution is -0.188. The molecule has 0 saturated heterocycles. The predicted molar refractivity (Wildman–Crippen MR) is 141 cm³/mol. The molecule has 0 saturated carbocycles. The van der Waals surface area contributed by atoms with Crippen molar-refractivity contribution >= 4 is 23.9 Å². The van der Waals surface area contributed by atoms with Gasteiger partial charge < -0.3 is 38.6 Å². The second-order valence-corrected chi connectivity index (χ2v) is 9.06. The van der Waals surface area contributed by atoms with Crippen LogP contribution in [-0.4, -0.2) is 71.7 Å². The summed E-state index contributed by atoms with van der Waals surface area (Å²) in [5, 5.41) is 19.9. The summed E-state index contributed by atoms with van der Waals surface area (Å²) in [6.45, 7) is 8.72. The minimum Gasteiger partial charge on any atom is -0.508 e. The molecule has 0 spiro atoms. The number of aliphatic hydroxyl groups is 1. The molecule has 1 atom stereocenters. The van der Waals surface area contributed by atoms with Crippen LogP contribution in [0.3, 0.4) is 0 Å². The third kappa shape index (κ3) is 5.92. The number of phenols is 1. The van der Waals surface area contributed by atoms with Crippen LogP contribution in [0.4, 0.5) is 0 Å². The number of aliphatic hydroxyl groups excluding tert-OH is 1. The predicted octanol–water partition coefficient (Wildman–Crippen LogP) is 2.48. The number of ether oxygens (including phenoxy) is 6. The molecule has 0 aromatic heterocycles. The molecule has 2 N–H and O–H groups in total. The van der Waals surface area contributed by atoms with Gasteiger partial charge in [0, 0.05) is 18.1 Å². The summed E-state index contributed by atoms with van der Waals surface area (Å²) in [6, 6.07) is 9.46. The molecule has 0 bridgehead atoms. The minimum atomic E-state index is -2.19. The van der Waals surface area contributed by atoms with E-state index in [2.05, 4.69) is 0 Å². The van der Waals surface area contributed by atoms with Gasteiger partial charge in [-0.3, -0.25) is 0 Å². The highest BCUT2D eigenvalue weighted by atomic mass is 16.6. The molecule has 1 unspecified atom stereocenters. The molecule has 0 radical (unpaired) electrons. The fourth-order valence-electron chi connectivity index (χ4n) is 4.35. The molecule has 2 heterocycles. The van der Waals surface area contributed by atoms with E-state index in [1.54, 1.807) is 52.0 Å². The molecule has 0 amide bonds. The number of hydrogen-bond acceptors (Lipinski definition) is 12. The van der Waals surface area contributed by atoms with Crippen LogP contribution in [0, 0.1) is 6.92 Å². The van der Waals surface area contributed by atoms with Gasteiger partial charge in [0.05, 0.1) is 26.4 Å². The number of aryl methyl sites for hydroxylation is 1. The number of hydrogen-bond donors (Lipinski definition) is 2. The normalized spacial score (nSPS) is 16.9. The quantitative estimate of drug-likeness (QED) is 0.269. The summed E-state index contributed by atoms with van der Waals surface area (Å²) in [6.07, 6.45) is -1.44. The molecule has 41 heavy (non-hydrogen) atoms. The van der Waals surface area contributed by atoms with E-state index in [1.807, 2.05) is 6.92 Å². The van der Waals surface area contributed by atoms with Gasteiger partial charge >= 0.3 is 35.1 Å². The van der Waals surface area contributed by atoms with Crippen molar-refractivity contribution in [2.45, 2.75) is 58.3 Å². The second kappa shape index (κ2) is 12.9. The van der Waals surface area contributed by atoms with E-state index >= 15 is 0 Å². The number of benzene rings is 2. The van der Waals surface area contributed by atoms with Crippen LogP contribution < -0.4 is 9.47 Å². The third-order valence-corrected chi connectivity index (χ3v) is 6.26. The summed E-state index contributed by atoms with van der Waals surface area (Å²) < 4.78 is 30.7. The van der Waals surface area contributed by atoms with Crippen LogP contribution in [0.2, 0.25) is 0 Å². The average Bonchev–Trinajstić information content (AvgIpc) is 3.46. The Balaban J connectivity index is 0.000000226. The van der Waals surface area contributed by atoms with E-state index in [0.29, 0.717) is 11.1 Å². The van der Waals surface area contributed by atoms with Gasteiger partial charge in [-0.25, -0.2) is 19.2 Å². The van der Waals surface area contributed by atoms with Gasteiger partial charge in [0.15, 0.2) is 0 Å². The summed E-state index contributed by atoms with van der Waals surface area (Å²) in [5.74, 6) is -2.92. The third-order valence-electron chi connectivity index (χ3n) is 6.26. The molecule has 2 aromatic carbocycles. The van der Waals surface area contributed by atoms with Crippen molar-refractivity contribution in [1.29, 1.82) is 0 Å². The number of aromatic hydroxyl groups is 1. The summed E-state index contributed by atoms with van der Waals surface area (Å²) in [5.41, 5.74) is -2.13. The van der Waals surface area contributed by atoms with E-state index in [9.17, 15) is 29.4 Å². The number of carbonyl (C=O) groups excluding carboxylic acids is 4. The molecule has 12 nitrogen and oxygen atoms in total. The Morgan fingerprint density at radius 2 is 1.32 bits per heavy atom. The second-order valence-electron chi connectivity index (χ2n) is 9.06. The topological polar surface area (TPSA) is 164 Å². The van der Waals surface area contributed by atoms with E-state index < -0.39 is 41.2 Å². The Kier molecular flexibility index (Phi) is 9.82. The zero-order valence-corrected chi connectivity index (χ0v) is 23.6. The molecule has 2 aliphatic rings. The highest BCUT2D eigenvalue weighted by molar-refractivity contribution is 6.06. The molecule has 0 aliphatic carbocycles. The Hall–Kier alpha value is -4.32. The van der Waals surface area contributed by atoms with Gasteiger partial charge in [-0.2, -0.15) is 0 Å². The van der Waals surface area contributed by atoms with Crippen molar-refractivity contribution in [3.05, 3.63) is 53.1 Å². The molecule has 222 valence electrons. The van der Waals surface area contributed by atoms with Crippen molar-refractivity contribution in [1.82, 2.24) is 0 Å². The Morgan fingerprint density at radius 1 is 0.780 bits per heavy atom. The summed E-state index contributed by atoms with van der Waals surface area (Å²) in [4.78, 5) is 48.7. The molecule has 0 fully saturated rings. The molecule has 2 aromatic rings. The van der Waals surface area contributed by atoms with Crippen molar-refractivity contribution in [2.24, 2.45) is 0 Å². The molecule has 12 heteroatoms. The van der Waals surface area contributed by atoms with Crippen LogP contribution in [0.25, 0.3) is 0 Å². The van der Waals surface area contributed by atoms with Crippen LogP contribution in [0.5, 0.6) is 17.2 Å². The zero-order chi connectivity index (χ0) is 30.4. The van der Waals surface area contributed by atoms with E-state index in [1.165, 1.54) is 12.1 Å². The Bertz CT molecular complexity index is 1260. The molecular formula is C29H34O12. The lowest BCUT2D eigenvalue weighted by Crippen LogP contribution is -2.55. The maximum atomic E-state index is 12.2. The SMILES string of the molecule is CCOC(=O)C1(C(=O)OCC)Cc2ccc(O)cc2O1.CCOC(=O)C1(C(=O)OCC)Oc2cc(C)ccc2C1O. The fraction of sp³-hybridized carbons (Fsp3) is 0.448. The van der Waals surface area contributed by atoms with Gasteiger partial charge in [0.1, 0.15) is 23.4 Å². The van der Waals surface area contributed by atoms with Crippen LogP contribution in [0.15, 0.2) is 36.4 Å². The van der Waals surface area contributed by atoms with Gasteiger partial charge in [0.2, 0.25) is 0 Å². The number of phenolic OH excluding ortho intramolecular Hbond substituents is 1. The first-order chi connectivity index (χ1) is 19.5. The fourth-order valence-corrected chi connectivity index (χ4v) is 4.35. The summed E-state index contributed by atoms with van der Waals surface area (Å²) >= 11 is 0. The number of esters is 4. The highest BCUT2D eigenvalue weighted by Gasteiger charge is 2.63. The minimum absolute atomic E-state index is 0.00716. The smallest absolute Gasteiger partial charge is 0.365 e. The number of fused-ring (bicyclic) bond motifs is 2. The first-order valence-electron chi connectivity index (χ1n) is 13.2. The van der Waals surface area contributed by atoms with Crippen LogP contribution in [-0.2, 0) is 44.5 Å². The first-order valence-corrected chi connectivity index (χ1v) is 13.2. The Labute approximate surface area is 237 Å². The lowest BCUT2D eigenvalue weighted by atomic mass is 9.93. The Morgan fingerprint density at radius 3 is 1.85 bits per heavy atom. The van der Waals surface area contributed by atoms with Gasteiger partial charge in [-0.15, -0.1) is 0 Å². The van der Waals surface area contributed by atoms with Crippen LogP contribution >= 0.6 is 0 Å². The zero-order valence-electron chi connectivity index (χ0n) is 23.6.